The Morgan fingerprint density at radius 2 is 1.52 bits per heavy atom. The summed E-state index contributed by atoms with van der Waals surface area (Å²) in [7, 11) is -3.46. The van der Waals surface area contributed by atoms with Gasteiger partial charge in [-0.15, -0.1) is 12.4 Å². The van der Waals surface area contributed by atoms with Gasteiger partial charge in [0.2, 0.25) is 5.91 Å². The number of phenolic OH excluding ortho intramolecular Hbond substituents is 1. The van der Waals surface area contributed by atoms with E-state index < -0.39 is 16.3 Å². The van der Waals surface area contributed by atoms with E-state index >= 15 is 0 Å². The Hall–Kier alpha value is -1.39. The Bertz CT molecular complexity index is 769. The Morgan fingerprint density at radius 3 is 2.17 bits per heavy atom. The summed E-state index contributed by atoms with van der Waals surface area (Å²) in [6, 6.07) is 5.95. The molecule has 0 unspecified atom stereocenters. The molecule has 1 atom stereocenters. The Morgan fingerprint density at radius 1 is 0.931 bits per heavy atom. The standard InChI is InChI=1S/C19H30N4O4S.ClH/c20-18(15-16-5-7-17(24)8-6-16)19(25)21-9-4-12-23(14-13-21)28(26,27)22-10-2-1-3-11-22;/h5-8,18,24H,1-4,9-15,20H2;1H/t18-;/m0./s1. The normalized spacial score (nSPS) is 20.5. The molecule has 3 rings (SSSR count). The minimum Gasteiger partial charge on any atom is -0.508 e. The lowest BCUT2D eigenvalue weighted by molar-refractivity contribution is -0.132. The molecular formula is C19H31ClN4O4S. The second kappa shape index (κ2) is 10.6. The fourth-order valence-electron chi connectivity index (χ4n) is 3.81. The van der Waals surface area contributed by atoms with Crippen LogP contribution in [0.5, 0.6) is 5.75 Å². The van der Waals surface area contributed by atoms with E-state index in [9.17, 15) is 18.3 Å². The maximum Gasteiger partial charge on any atom is 0.282 e. The molecule has 0 aliphatic carbocycles. The summed E-state index contributed by atoms with van der Waals surface area (Å²) in [6.45, 7) is 2.76. The fraction of sp³-hybridized carbons (Fsp3) is 0.632. The van der Waals surface area contributed by atoms with Gasteiger partial charge in [0.1, 0.15) is 5.75 Å². The van der Waals surface area contributed by atoms with E-state index in [1.54, 1.807) is 33.5 Å². The van der Waals surface area contributed by atoms with Crippen LogP contribution in [0, 0.1) is 0 Å². The van der Waals surface area contributed by atoms with Crippen molar-refractivity contribution in [3.05, 3.63) is 29.8 Å². The van der Waals surface area contributed by atoms with Crippen molar-refractivity contribution in [3.8, 4) is 5.75 Å². The Labute approximate surface area is 179 Å². The third-order valence-electron chi connectivity index (χ3n) is 5.44. The average molecular weight is 447 g/mol. The zero-order chi connectivity index (χ0) is 20.1. The maximum atomic E-state index is 12.9. The SMILES string of the molecule is Cl.N[C@@H](Cc1ccc(O)cc1)C(=O)N1CCCN(S(=O)(=O)N2CCCCC2)CC1. The van der Waals surface area contributed by atoms with E-state index in [-0.39, 0.29) is 24.1 Å². The zero-order valence-corrected chi connectivity index (χ0v) is 18.2. The number of benzene rings is 1. The predicted octanol–water partition coefficient (Wildman–Crippen LogP) is 0.949. The second-order valence-corrected chi connectivity index (χ2v) is 9.45. The number of nitrogens with zero attached hydrogens (tertiary/aromatic N) is 3. The average Bonchev–Trinajstić information content (AvgIpc) is 2.96. The van der Waals surface area contributed by atoms with Gasteiger partial charge in [0.05, 0.1) is 6.04 Å². The lowest BCUT2D eigenvalue weighted by Gasteiger charge is -2.31. The van der Waals surface area contributed by atoms with Gasteiger partial charge in [0.15, 0.2) is 0 Å². The van der Waals surface area contributed by atoms with Crippen molar-refractivity contribution in [2.45, 2.75) is 38.1 Å². The van der Waals surface area contributed by atoms with Crippen molar-refractivity contribution in [3.63, 3.8) is 0 Å². The molecule has 2 saturated heterocycles. The smallest absolute Gasteiger partial charge is 0.282 e. The van der Waals surface area contributed by atoms with Crippen LogP contribution in [0.2, 0.25) is 0 Å². The summed E-state index contributed by atoms with van der Waals surface area (Å²) in [5, 5.41) is 9.36. The van der Waals surface area contributed by atoms with Gasteiger partial charge >= 0.3 is 0 Å². The minimum absolute atomic E-state index is 0. The second-order valence-electron chi connectivity index (χ2n) is 7.52. The molecule has 1 amide bonds. The first-order valence-corrected chi connectivity index (χ1v) is 11.3. The fourth-order valence-corrected chi connectivity index (χ4v) is 5.53. The van der Waals surface area contributed by atoms with Crippen LogP contribution in [-0.2, 0) is 21.4 Å². The third-order valence-corrected chi connectivity index (χ3v) is 7.48. The molecule has 1 aromatic rings. The summed E-state index contributed by atoms with van der Waals surface area (Å²) >= 11 is 0. The van der Waals surface area contributed by atoms with Crippen molar-refractivity contribution in [1.29, 1.82) is 0 Å². The topological polar surface area (TPSA) is 107 Å². The van der Waals surface area contributed by atoms with Crippen LogP contribution in [0.4, 0.5) is 0 Å². The van der Waals surface area contributed by atoms with Gasteiger partial charge < -0.3 is 15.7 Å². The maximum absolute atomic E-state index is 12.9. The molecule has 1 aromatic carbocycles. The van der Waals surface area contributed by atoms with Gasteiger partial charge in [-0.2, -0.15) is 17.0 Å². The zero-order valence-electron chi connectivity index (χ0n) is 16.6. The largest absolute Gasteiger partial charge is 0.508 e. The number of phenols is 1. The van der Waals surface area contributed by atoms with Gasteiger partial charge in [-0.05, 0) is 43.4 Å². The first-order chi connectivity index (χ1) is 13.4. The Balaban J connectivity index is 0.00000300. The van der Waals surface area contributed by atoms with E-state index in [4.69, 9.17) is 5.73 Å². The highest BCUT2D eigenvalue weighted by atomic mass is 35.5. The minimum atomic E-state index is -3.46. The van der Waals surface area contributed by atoms with Crippen molar-refractivity contribution < 1.29 is 18.3 Å². The molecule has 8 nitrogen and oxygen atoms in total. The Kier molecular flexibility index (Phi) is 8.72. The lowest BCUT2D eigenvalue weighted by Crippen LogP contribution is -2.48. The monoisotopic (exact) mass is 446 g/mol. The van der Waals surface area contributed by atoms with Crippen LogP contribution in [0.25, 0.3) is 0 Å². The van der Waals surface area contributed by atoms with Crippen molar-refractivity contribution in [2.24, 2.45) is 5.73 Å². The molecule has 2 aliphatic rings. The molecule has 3 N–H and O–H groups in total. The summed E-state index contributed by atoms with van der Waals surface area (Å²) in [6.07, 6.45) is 3.87. The summed E-state index contributed by atoms with van der Waals surface area (Å²) in [5.74, 6) is 0.0106. The van der Waals surface area contributed by atoms with Crippen LogP contribution < -0.4 is 5.73 Å². The van der Waals surface area contributed by atoms with Crippen LogP contribution in [0.3, 0.4) is 0 Å². The number of piperidine rings is 1. The molecule has 0 saturated carbocycles. The number of carbonyl (C=O) groups excluding carboxylic acids is 1. The van der Waals surface area contributed by atoms with Crippen molar-refractivity contribution in [1.82, 2.24) is 13.5 Å². The number of carbonyl (C=O) groups is 1. The van der Waals surface area contributed by atoms with Gasteiger partial charge in [0, 0.05) is 39.3 Å². The number of rotatable bonds is 5. The molecule has 0 spiro atoms. The highest BCUT2D eigenvalue weighted by Gasteiger charge is 2.33. The van der Waals surface area contributed by atoms with E-state index in [1.165, 1.54) is 4.31 Å². The summed E-state index contributed by atoms with van der Waals surface area (Å²) in [4.78, 5) is 14.4. The van der Waals surface area contributed by atoms with Crippen molar-refractivity contribution >= 4 is 28.5 Å². The van der Waals surface area contributed by atoms with E-state index in [2.05, 4.69) is 0 Å². The molecule has 2 heterocycles. The molecule has 29 heavy (non-hydrogen) atoms. The van der Waals surface area contributed by atoms with Gasteiger partial charge in [-0.25, -0.2) is 0 Å². The number of hydrogen-bond acceptors (Lipinski definition) is 5. The van der Waals surface area contributed by atoms with Crippen LogP contribution in [0.1, 0.15) is 31.2 Å². The molecule has 10 heteroatoms. The predicted molar refractivity (Wildman–Crippen MR) is 114 cm³/mol. The van der Waals surface area contributed by atoms with Gasteiger partial charge in [0.25, 0.3) is 10.2 Å². The molecule has 2 aliphatic heterocycles. The number of hydrogen-bond donors (Lipinski definition) is 2. The van der Waals surface area contributed by atoms with E-state index in [0.717, 1.165) is 24.8 Å². The number of nitrogens with two attached hydrogens (primary N) is 1. The molecule has 0 radical (unpaired) electrons. The summed E-state index contributed by atoms with van der Waals surface area (Å²) < 4.78 is 28.8. The van der Waals surface area contributed by atoms with Crippen LogP contribution in [0.15, 0.2) is 24.3 Å². The van der Waals surface area contributed by atoms with Gasteiger partial charge in [-0.3, -0.25) is 4.79 Å². The van der Waals surface area contributed by atoms with Crippen LogP contribution in [-0.4, -0.2) is 78.3 Å². The highest BCUT2D eigenvalue weighted by Crippen LogP contribution is 2.18. The van der Waals surface area contributed by atoms with E-state index in [0.29, 0.717) is 52.1 Å². The molecule has 164 valence electrons. The first kappa shape index (κ1) is 23.9. The number of halogens is 1. The van der Waals surface area contributed by atoms with Crippen LogP contribution >= 0.6 is 12.4 Å². The third kappa shape index (κ3) is 6.05. The molecule has 0 aromatic heterocycles. The lowest BCUT2D eigenvalue weighted by atomic mass is 10.1. The highest BCUT2D eigenvalue weighted by molar-refractivity contribution is 7.86. The van der Waals surface area contributed by atoms with Gasteiger partial charge in [-0.1, -0.05) is 18.6 Å². The number of amides is 1. The number of aromatic hydroxyl groups is 1. The quantitative estimate of drug-likeness (QED) is 0.700. The van der Waals surface area contributed by atoms with E-state index in [1.807, 2.05) is 0 Å². The molecule has 0 bridgehead atoms. The molecule has 2 fully saturated rings. The molecular weight excluding hydrogens is 416 g/mol. The van der Waals surface area contributed by atoms with Crippen molar-refractivity contribution in [2.75, 3.05) is 39.3 Å². The first-order valence-electron chi connectivity index (χ1n) is 9.95. The summed E-state index contributed by atoms with van der Waals surface area (Å²) in [5.41, 5.74) is 6.99.